The molecule has 0 aliphatic carbocycles. The van der Waals surface area contributed by atoms with E-state index in [9.17, 15) is 30.0 Å². The largest absolute Gasteiger partial charge is 0.394 e. The van der Waals surface area contributed by atoms with Gasteiger partial charge in [0.2, 0.25) is 11.8 Å². The molecule has 10 nitrogen and oxygen atoms in total. The van der Waals surface area contributed by atoms with Crippen LogP contribution in [0.5, 0.6) is 0 Å². The minimum Gasteiger partial charge on any atom is -0.394 e. The second kappa shape index (κ2) is 18.3. The van der Waals surface area contributed by atoms with E-state index in [1.54, 1.807) is 32.2 Å². The summed E-state index contributed by atoms with van der Waals surface area (Å²) in [6.45, 7) is 6.15. The molecule has 0 bridgehead atoms. The molecule has 0 radical (unpaired) electrons. The SMILES string of the molecule is C.CCC.CSC(O)C(O)C(C(O)CO)C(NC(=O)C1CCCN1C)C(C)NC(=O)CN(C)C. The van der Waals surface area contributed by atoms with Crippen molar-refractivity contribution in [2.45, 2.75) is 83.2 Å². The molecule has 204 valence electrons. The molecule has 0 aromatic rings. The summed E-state index contributed by atoms with van der Waals surface area (Å²) >= 11 is 0.983. The predicted octanol–water partition coefficient (Wildman–Crippen LogP) is -0.304. The fourth-order valence-corrected chi connectivity index (χ4v) is 4.32. The van der Waals surface area contributed by atoms with Gasteiger partial charge in [-0.1, -0.05) is 27.7 Å². The smallest absolute Gasteiger partial charge is 0.237 e. The Hall–Kier alpha value is -0.950. The third-order valence-electron chi connectivity index (χ3n) is 5.49. The molecule has 11 heteroatoms. The first kappa shape index (κ1) is 35.2. The summed E-state index contributed by atoms with van der Waals surface area (Å²) in [5, 5.41) is 46.5. The number of likely N-dealkylation sites (N-methyl/N-ethyl adjacent to an activating group) is 2. The molecule has 7 unspecified atom stereocenters. The highest BCUT2D eigenvalue weighted by atomic mass is 32.2. The number of rotatable bonds is 12. The first-order valence-electron chi connectivity index (χ1n) is 11.6. The van der Waals surface area contributed by atoms with Crippen molar-refractivity contribution in [1.29, 1.82) is 0 Å². The molecule has 0 saturated carbocycles. The molecule has 1 aliphatic rings. The van der Waals surface area contributed by atoms with Crippen LogP contribution in [0, 0.1) is 5.92 Å². The monoisotopic (exact) mass is 510 g/mol. The van der Waals surface area contributed by atoms with Gasteiger partial charge < -0.3 is 36.0 Å². The lowest BCUT2D eigenvalue weighted by Gasteiger charge is -2.39. The molecule has 1 fully saturated rings. The minimum atomic E-state index is -1.44. The molecule has 0 spiro atoms. The average molecular weight is 511 g/mol. The van der Waals surface area contributed by atoms with Crippen molar-refractivity contribution < 1.29 is 30.0 Å². The fraction of sp³-hybridized carbons (Fsp3) is 0.913. The highest BCUT2D eigenvalue weighted by Gasteiger charge is 2.42. The van der Waals surface area contributed by atoms with Crippen molar-refractivity contribution in [3.05, 3.63) is 0 Å². The van der Waals surface area contributed by atoms with E-state index >= 15 is 0 Å². The van der Waals surface area contributed by atoms with Crippen LogP contribution in [0.2, 0.25) is 0 Å². The normalized spacial score (nSPS) is 21.2. The zero-order valence-corrected chi connectivity index (χ0v) is 22.0. The number of nitrogens with one attached hydrogen (secondary N) is 2. The van der Waals surface area contributed by atoms with Crippen molar-refractivity contribution in [1.82, 2.24) is 20.4 Å². The van der Waals surface area contributed by atoms with Crippen molar-refractivity contribution in [3.8, 4) is 0 Å². The second-order valence-electron chi connectivity index (χ2n) is 8.92. The summed E-state index contributed by atoms with van der Waals surface area (Å²) in [7, 11) is 5.34. The Morgan fingerprint density at radius 1 is 1.18 bits per heavy atom. The zero-order chi connectivity index (χ0) is 25.7. The molecule has 1 aliphatic heterocycles. The minimum absolute atomic E-state index is 0. The summed E-state index contributed by atoms with van der Waals surface area (Å²) in [6.07, 6.45) is 1.55. The molecule has 7 atom stereocenters. The van der Waals surface area contributed by atoms with E-state index in [0.717, 1.165) is 24.7 Å². The Balaban J connectivity index is 0. The lowest BCUT2D eigenvalue weighted by molar-refractivity contribution is -0.130. The van der Waals surface area contributed by atoms with Crippen LogP contribution in [0.15, 0.2) is 0 Å². The summed E-state index contributed by atoms with van der Waals surface area (Å²) in [5.41, 5.74) is -1.24. The van der Waals surface area contributed by atoms with Crippen molar-refractivity contribution in [3.63, 3.8) is 0 Å². The molecule has 6 N–H and O–H groups in total. The number of carbonyl (C=O) groups is 2. The van der Waals surface area contributed by atoms with E-state index < -0.39 is 42.3 Å². The van der Waals surface area contributed by atoms with E-state index in [1.165, 1.54) is 6.42 Å². The van der Waals surface area contributed by atoms with Gasteiger partial charge >= 0.3 is 0 Å². The molecule has 0 aromatic heterocycles. The maximum atomic E-state index is 12.9. The Morgan fingerprint density at radius 3 is 2.15 bits per heavy atom. The van der Waals surface area contributed by atoms with E-state index in [0.29, 0.717) is 6.42 Å². The summed E-state index contributed by atoms with van der Waals surface area (Å²) < 4.78 is 0. The number of nitrogens with zero attached hydrogens (tertiary/aromatic N) is 2. The Bertz CT molecular complexity index is 572. The van der Waals surface area contributed by atoms with Crippen molar-refractivity contribution in [2.75, 3.05) is 47.1 Å². The van der Waals surface area contributed by atoms with E-state index in [4.69, 9.17) is 0 Å². The van der Waals surface area contributed by atoms with Gasteiger partial charge in [-0.25, -0.2) is 0 Å². The highest BCUT2D eigenvalue weighted by molar-refractivity contribution is 7.99. The summed E-state index contributed by atoms with van der Waals surface area (Å²) in [4.78, 5) is 28.8. The van der Waals surface area contributed by atoms with E-state index in [-0.39, 0.29) is 31.8 Å². The Morgan fingerprint density at radius 2 is 1.74 bits per heavy atom. The number of hydrogen-bond donors (Lipinski definition) is 6. The van der Waals surface area contributed by atoms with Crippen LogP contribution in [-0.2, 0) is 9.59 Å². The van der Waals surface area contributed by atoms with Crippen LogP contribution in [0.3, 0.4) is 0 Å². The summed E-state index contributed by atoms with van der Waals surface area (Å²) in [6, 6.07) is -1.95. The van der Waals surface area contributed by atoms with Gasteiger partial charge in [-0.3, -0.25) is 14.5 Å². The Labute approximate surface area is 210 Å². The van der Waals surface area contributed by atoms with Gasteiger partial charge in [-0.2, -0.15) is 0 Å². The van der Waals surface area contributed by atoms with Crippen LogP contribution in [0.1, 0.15) is 47.5 Å². The third-order valence-corrected chi connectivity index (χ3v) is 6.26. The number of amides is 2. The van der Waals surface area contributed by atoms with E-state index in [1.807, 2.05) is 11.9 Å². The van der Waals surface area contributed by atoms with Crippen LogP contribution in [0.4, 0.5) is 0 Å². The topological polar surface area (TPSA) is 146 Å². The molecule has 34 heavy (non-hydrogen) atoms. The molecular weight excluding hydrogens is 460 g/mol. The maximum Gasteiger partial charge on any atom is 0.237 e. The fourth-order valence-electron chi connectivity index (χ4n) is 3.86. The zero-order valence-electron chi connectivity index (χ0n) is 21.2. The third kappa shape index (κ3) is 11.7. The number of carbonyl (C=O) groups excluding carboxylic acids is 2. The van der Waals surface area contributed by atoms with E-state index in [2.05, 4.69) is 24.5 Å². The van der Waals surface area contributed by atoms with Crippen LogP contribution < -0.4 is 10.6 Å². The quantitative estimate of drug-likeness (QED) is 0.195. The van der Waals surface area contributed by atoms with Crippen molar-refractivity contribution >= 4 is 23.6 Å². The van der Waals surface area contributed by atoms with Gasteiger partial charge in [-0.15, -0.1) is 11.8 Å². The molecule has 2 amide bonds. The summed E-state index contributed by atoms with van der Waals surface area (Å²) in [5.74, 6) is -1.68. The average Bonchev–Trinajstić information content (AvgIpc) is 3.17. The molecule has 1 heterocycles. The number of aliphatic hydroxyl groups is 4. The van der Waals surface area contributed by atoms with Gasteiger partial charge in [0, 0.05) is 12.0 Å². The molecule has 0 aromatic carbocycles. The number of thioether (sulfide) groups is 1. The van der Waals surface area contributed by atoms with Gasteiger partial charge in [-0.05, 0) is 53.7 Å². The maximum absolute atomic E-state index is 12.9. The highest BCUT2D eigenvalue weighted by Crippen LogP contribution is 2.25. The van der Waals surface area contributed by atoms with Crippen LogP contribution in [-0.4, -0.2) is 125 Å². The number of hydrogen-bond acceptors (Lipinski definition) is 9. The first-order chi connectivity index (χ1) is 15.4. The Kier molecular flexibility index (Phi) is 19.0. The molecular formula is C23H50N4O6S. The van der Waals surface area contributed by atoms with Crippen LogP contribution in [0.25, 0.3) is 0 Å². The lowest BCUT2D eigenvalue weighted by Crippen LogP contribution is -2.62. The number of likely N-dealkylation sites (tertiary alicyclic amines) is 1. The predicted molar refractivity (Wildman–Crippen MR) is 139 cm³/mol. The number of aliphatic hydroxyl groups excluding tert-OH is 4. The standard InChI is InChI=1S/C19H38N4O6S.C3H8.CH4/c1-11(20-14(26)9-22(2)3)16(21-18(28)12-7-6-8-23(12)4)15(13(25)10-24)17(27)19(29)30-5;1-3-2;/h11-13,15-17,19,24-25,27,29H,6-10H2,1-5H3,(H,20,26)(H,21,28);3H2,1-2H3;1H4. The van der Waals surface area contributed by atoms with Crippen LogP contribution >= 0.6 is 11.8 Å². The van der Waals surface area contributed by atoms with Gasteiger partial charge in [0.15, 0.2) is 0 Å². The molecule has 1 rings (SSSR count). The van der Waals surface area contributed by atoms with Gasteiger partial charge in [0.25, 0.3) is 0 Å². The first-order valence-corrected chi connectivity index (χ1v) is 12.9. The van der Waals surface area contributed by atoms with Crippen molar-refractivity contribution in [2.24, 2.45) is 5.92 Å². The second-order valence-corrected chi connectivity index (χ2v) is 9.87. The lowest BCUT2D eigenvalue weighted by atomic mass is 9.84. The van der Waals surface area contributed by atoms with Gasteiger partial charge in [0.1, 0.15) is 5.44 Å². The molecule has 1 saturated heterocycles. The van der Waals surface area contributed by atoms with Gasteiger partial charge in [0.05, 0.1) is 37.4 Å².